The maximum atomic E-state index is 13.7. The lowest BCUT2D eigenvalue weighted by atomic mass is 10.1. The molecule has 0 aliphatic heterocycles. The van der Waals surface area contributed by atoms with Gasteiger partial charge in [-0.15, -0.1) is 0 Å². The summed E-state index contributed by atoms with van der Waals surface area (Å²) in [5.41, 5.74) is 0.973. The summed E-state index contributed by atoms with van der Waals surface area (Å²) in [7, 11) is -4.16. The van der Waals surface area contributed by atoms with E-state index < -0.39 is 28.5 Å². The lowest BCUT2D eigenvalue weighted by molar-refractivity contribution is -0.139. The summed E-state index contributed by atoms with van der Waals surface area (Å²) in [5, 5.41) is 3.12. The summed E-state index contributed by atoms with van der Waals surface area (Å²) < 4.78 is 28.3. The minimum atomic E-state index is -4.16. The first kappa shape index (κ1) is 27.5. The van der Waals surface area contributed by atoms with Crippen LogP contribution in [-0.4, -0.2) is 44.3 Å². The molecule has 0 aromatic heterocycles. The first-order valence-electron chi connectivity index (χ1n) is 11.3. The van der Waals surface area contributed by atoms with Crippen LogP contribution in [-0.2, 0) is 26.2 Å². The van der Waals surface area contributed by atoms with E-state index in [0.29, 0.717) is 6.54 Å². The van der Waals surface area contributed by atoms with E-state index in [-0.39, 0.29) is 33.1 Å². The van der Waals surface area contributed by atoms with E-state index in [0.717, 1.165) is 9.87 Å². The molecule has 0 fully saturated rings. The Bertz CT molecular complexity index is 1310. The number of anilines is 1. The standard InChI is InChI=1S/C26H27Cl2N3O4S/c1-3-29-26(33)19(2)30(17-20-10-6-4-7-11-20)25(32)18-31(21-14-15-23(27)24(28)16-21)36(34,35)22-12-8-5-9-13-22/h4-16,19H,3,17-18H2,1-2H3,(H,29,33)/t19-/m0/s1. The number of halogens is 2. The fourth-order valence-electron chi connectivity index (χ4n) is 3.57. The summed E-state index contributed by atoms with van der Waals surface area (Å²) in [5.74, 6) is -0.892. The number of likely N-dealkylation sites (N-methyl/N-ethyl adjacent to an activating group) is 1. The summed E-state index contributed by atoms with van der Waals surface area (Å²) in [6.45, 7) is 3.37. The Balaban J connectivity index is 2.03. The monoisotopic (exact) mass is 547 g/mol. The van der Waals surface area contributed by atoms with Crippen molar-refractivity contribution in [2.75, 3.05) is 17.4 Å². The van der Waals surface area contributed by atoms with Crippen molar-refractivity contribution in [2.24, 2.45) is 0 Å². The predicted molar refractivity (Wildman–Crippen MR) is 143 cm³/mol. The van der Waals surface area contributed by atoms with Crippen LogP contribution < -0.4 is 9.62 Å². The number of hydrogen-bond acceptors (Lipinski definition) is 4. The van der Waals surface area contributed by atoms with Crippen molar-refractivity contribution in [3.63, 3.8) is 0 Å². The van der Waals surface area contributed by atoms with Crippen molar-refractivity contribution < 1.29 is 18.0 Å². The summed E-state index contributed by atoms with van der Waals surface area (Å²) in [6, 6.07) is 20.5. The van der Waals surface area contributed by atoms with Gasteiger partial charge in [0, 0.05) is 13.1 Å². The van der Waals surface area contributed by atoms with Crippen molar-refractivity contribution in [1.82, 2.24) is 10.2 Å². The van der Waals surface area contributed by atoms with E-state index in [2.05, 4.69) is 5.32 Å². The van der Waals surface area contributed by atoms with E-state index in [1.165, 1.54) is 35.2 Å². The van der Waals surface area contributed by atoms with Crippen LogP contribution in [0.3, 0.4) is 0 Å². The van der Waals surface area contributed by atoms with Crippen LogP contribution in [0.5, 0.6) is 0 Å². The molecule has 0 bridgehead atoms. The van der Waals surface area contributed by atoms with Gasteiger partial charge in [-0.25, -0.2) is 8.42 Å². The van der Waals surface area contributed by atoms with E-state index in [4.69, 9.17) is 23.2 Å². The van der Waals surface area contributed by atoms with Crippen LogP contribution in [0.1, 0.15) is 19.4 Å². The molecular formula is C26H27Cl2N3O4S. The van der Waals surface area contributed by atoms with E-state index in [1.54, 1.807) is 32.0 Å². The van der Waals surface area contributed by atoms with Crippen molar-refractivity contribution in [3.8, 4) is 0 Å². The number of carbonyl (C=O) groups excluding carboxylic acids is 2. The number of sulfonamides is 1. The van der Waals surface area contributed by atoms with Gasteiger partial charge < -0.3 is 10.2 Å². The second-order valence-corrected chi connectivity index (χ2v) is 10.7. The molecule has 0 spiro atoms. The third kappa shape index (κ3) is 6.57. The number of benzene rings is 3. The van der Waals surface area contributed by atoms with Gasteiger partial charge in [-0.2, -0.15) is 0 Å². The molecule has 0 heterocycles. The zero-order chi connectivity index (χ0) is 26.3. The van der Waals surface area contributed by atoms with Gasteiger partial charge in [0.1, 0.15) is 12.6 Å². The Morgan fingerprint density at radius 1 is 0.917 bits per heavy atom. The lowest BCUT2D eigenvalue weighted by Gasteiger charge is -2.32. The van der Waals surface area contributed by atoms with E-state index >= 15 is 0 Å². The third-order valence-electron chi connectivity index (χ3n) is 5.52. The Labute approximate surface area is 221 Å². The average Bonchev–Trinajstić information content (AvgIpc) is 2.88. The Morgan fingerprint density at radius 2 is 1.53 bits per heavy atom. The zero-order valence-electron chi connectivity index (χ0n) is 19.9. The third-order valence-corrected chi connectivity index (χ3v) is 8.04. The summed E-state index contributed by atoms with van der Waals surface area (Å²) >= 11 is 12.2. The fourth-order valence-corrected chi connectivity index (χ4v) is 5.29. The summed E-state index contributed by atoms with van der Waals surface area (Å²) in [4.78, 5) is 27.7. The molecule has 1 atom stereocenters. The van der Waals surface area contributed by atoms with Crippen molar-refractivity contribution >= 4 is 50.7 Å². The van der Waals surface area contributed by atoms with Crippen LogP contribution in [0.4, 0.5) is 5.69 Å². The van der Waals surface area contributed by atoms with Gasteiger partial charge in [-0.05, 0) is 49.7 Å². The minimum Gasteiger partial charge on any atom is -0.355 e. The molecule has 0 saturated carbocycles. The largest absolute Gasteiger partial charge is 0.355 e. The van der Waals surface area contributed by atoms with Crippen molar-refractivity contribution in [3.05, 3.63) is 94.5 Å². The molecule has 0 radical (unpaired) electrons. The molecular weight excluding hydrogens is 521 g/mol. The molecule has 3 aromatic rings. The topological polar surface area (TPSA) is 86.8 Å². The molecule has 190 valence electrons. The number of hydrogen-bond donors (Lipinski definition) is 1. The van der Waals surface area contributed by atoms with Crippen molar-refractivity contribution in [1.29, 1.82) is 0 Å². The van der Waals surface area contributed by atoms with Gasteiger partial charge in [0.15, 0.2) is 0 Å². The molecule has 3 rings (SSSR count). The summed E-state index contributed by atoms with van der Waals surface area (Å²) in [6.07, 6.45) is 0. The van der Waals surface area contributed by atoms with Gasteiger partial charge >= 0.3 is 0 Å². The molecule has 1 N–H and O–H groups in total. The molecule has 2 amide bonds. The second kappa shape index (κ2) is 12.3. The highest BCUT2D eigenvalue weighted by Gasteiger charge is 2.32. The van der Waals surface area contributed by atoms with Crippen LogP contribution in [0.2, 0.25) is 10.0 Å². The van der Waals surface area contributed by atoms with E-state index in [9.17, 15) is 18.0 Å². The Hall–Kier alpha value is -3.07. The highest BCUT2D eigenvalue weighted by Crippen LogP contribution is 2.30. The first-order valence-corrected chi connectivity index (χ1v) is 13.5. The Morgan fingerprint density at radius 3 is 2.11 bits per heavy atom. The van der Waals surface area contributed by atoms with Gasteiger partial charge in [0.25, 0.3) is 10.0 Å². The maximum Gasteiger partial charge on any atom is 0.264 e. The molecule has 3 aromatic carbocycles. The Kier molecular flexibility index (Phi) is 9.37. The van der Waals surface area contributed by atoms with Gasteiger partial charge in [0.2, 0.25) is 11.8 Å². The zero-order valence-corrected chi connectivity index (χ0v) is 22.2. The lowest BCUT2D eigenvalue weighted by Crippen LogP contribution is -2.51. The highest BCUT2D eigenvalue weighted by atomic mass is 35.5. The molecule has 0 aliphatic rings. The smallest absolute Gasteiger partial charge is 0.264 e. The second-order valence-electron chi connectivity index (χ2n) is 8.00. The predicted octanol–water partition coefficient (Wildman–Crippen LogP) is 4.74. The van der Waals surface area contributed by atoms with Crippen molar-refractivity contribution in [2.45, 2.75) is 31.3 Å². The number of rotatable bonds is 10. The fraction of sp³-hybridized carbons (Fsp3) is 0.231. The number of nitrogens with one attached hydrogen (secondary N) is 1. The molecule has 7 nitrogen and oxygen atoms in total. The van der Waals surface area contributed by atoms with Crippen LogP contribution in [0.15, 0.2) is 83.8 Å². The number of amides is 2. The molecule has 36 heavy (non-hydrogen) atoms. The SMILES string of the molecule is CCNC(=O)[C@H](C)N(Cc1ccccc1)C(=O)CN(c1ccc(Cl)c(Cl)c1)S(=O)(=O)c1ccccc1. The molecule has 0 unspecified atom stereocenters. The quantitative estimate of drug-likeness (QED) is 0.397. The number of carbonyl (C=O) groups is 2. The average molecular weight is 548 g/mol. The van der Waals surface area contributed by atoms with Crippen LogP contribution in [0.25, 0.3) is 0 Å². The normalized spacial score (nSPS) is 12.0. The van der Waals surface area contributed by atoms with Crippen LogP contribution >= 0.6 is 23.2 Å². The first-order chi connectivity index (χ1) is 17.1. The van der Waals surface area contributed by atoms with Crippen LogP contribution in [0, 0.1) is 0 Å². The number of nitrogens with zero attached hydrogens (tertiary/aromatic N) is 2. The highest BCUT2D eigenvalue weighted by molar-refractivity contribution is 7.92. The van der Waals surface area contributed by atoms with Gasteiger partial charge in [-0.3, -0.25) is 13.9 Å². The molecule has 0 aliphatic carbocycles. The maximum absolute atomic E-state index is 13.7. The molecule has 10 heteroatoms. The minimum absolute atomic E-state index is 0.00950. The van der Waals surface area contributed by atoms with Gasteiger partial charge in [-0.1, -0.05) is 71.7 Å². The van der Waals surface area contributed by atoms with Gasteiger partial charge in [0.05, 0.1) is 20.6 Å². The molecule has 0 saturated heterocycles. The van der Waals surface area contributed by atoms with E-state index in [1.807, 2.05) is 30.3 Å².